The number of benzene rings is 1. The van der Waals surface area contributed by atoms with Gasteiger partial charge in [-0.25, -0.2) is 0 Å². The van der Waals surface area contributed by atoms with E-state index in [0.29, 0.717) is 17.7 Å². The molecule has 2 N–H and O–H groups in total. The van der Waals surface area contributed by atoms with Crippen molar-refractivity contribution in [2.24, 2.45) is 5.92 Å². The number of nitrogen functional groups attached to an aromatic ring is 1. The topological polar surface area (TPSA) is 52.3 Å². The first-order valence-electron chi connectivity index (χ1n) is 7.54. The predicted molar refractivity (Wildman–Crippen MR) is 80.3 cm³/mol. The van der Waals surface area contributed by atoms with Gasteiger partial charge in [-0.2, -0.15) is 0 Å². The Morgan fingerprint density at radius 3 is 2.55 bits per heavy atom. The fourth-order valence-electron chi connectivity index (χ4n) is 3.46. The van der Waals surface area contributed by atoms with E-state index in [1.807, 2.05) is 13.8 Å². The molecule has 3 rings (SSSR count). The van der Waals surface area contributed by atoms with E-state index < -0.39 is 0 Å². The summed E-state index contributed by atoms with van der Waals surface area (Å²) in [6.07, 6.45) is 4.78. The number of carbonyl (C=O) groups excluding carboxylic acids is 1. The first-order chi connectivity index (χ1) is 9.42. The SMILES string of the molecule is Cc1c(N)cc2c(c1C)OC1(CCC(C)CC1)CC2=O. The van der Waals surface area contributed by atoms with E-state index in [1.165, 1.54) is 0 Å². The van der Waals surface area contributed by atoms with E-state index >= 15 is 0 Å². The van der Waals surface area contributed by atoms with Gasteiger partial charge in [-0.15, -0.1) is 0 Å². The maximum atomic E-state index is 12.5. The molecule has 1 aliphatic carbocycles. The maximum Gasteiger partial charge on any atom is 0.170 e. The lowest BCUT2D eigenvalue weighted by Gasteiger charge is -2.43. The molecule has 20 heavy (non-hydrogen) atoms. The van der Waals surface area contributed by atoms with Crippen LogP contribution in [0, 0.1) is 19.8 Å². The van der Waals surface area contributed by atoms with Crippen LogP contribution in [0.5, 0.6) is 5.75 Å². The van der Waals surface area contributed by atoms with Crippen LogP contribution in [0.4, 0.5) is 5.69 Å². The van der Waals surface area contributed by atoms with E-state index in [2.05, 4.69) is 6.92 Å². The van der Waals surface area contributed by atoms with Crippen molar-refractivity contribution >= 4 is 11.5 Å². The van der Waals surface area contributed by atoms with Gasteiger partial charge in [0.1, 0.15) is 11.4 Å². The van der Waals surface area contributed by atoms with Gasteiger partial charge in [0.15, 0.2) is 5.78 Å². The first-order valence-corrected chi connectivity index (χ1v) is 7.54. The molecule has 1 aromatic rings. The summed E-state index contributed by atoms with van der Waals surface area (Å²) >= 11 is 0. The summed E-state index contributed by atoms with van der Waals surface area (Å²) < 4.78 is 6.37. The smallest absolute Gasteiger partial charge is 0.170 e. The molecule has 1 fully saturated rings. The van der Waals surface area contributed by atoms with Crippen molar-refractivity contribution in [2.45, 2.75) is 58.5 Å². The van der Waals surface area contributed by atoms with Gasteiger partial charge in [-0.1, -0.05) is 6.92 Å². The van der Waals surface area contributed by atoms with Gasteiger partial charge < -0.3 is 10.5 Å². The van der Waals surface area contributed by atoms with E-state index in [-0.39, 0.29) is 11.4 Å². The van der Waals surface area contributed by atoms with Gasteiger partial charge in [0.2, 0.25) is 0 Å². The molecular weight excluding hydrogens is 250 g/mol. The lowest BCUT2D eigenvalue weighted by molar-refractivity contribution is 0.00346. The Balaban J connectivity index is 2.02. The second kappa shape index (κ2) is 4.51. The highest BCUT2D eigenvalue weighted by atomic mass is 16.5. The summed E-state index contributed by atoms with van der Waals surface area (Å²) in [5, 5.41) is 0. The fourth-order valence-corrected chi connectivity index (χ4v) is 3.46. The number of nitrogens with two attached hydrogens (primary N) is 1. The molecule has 0 saturated heterocycles. The number of fused-ring (bicyclic) bond motifs is 1. The molecule has 0 aromatic heterocycles. The van der Waals surface area contributed by atoms with E-state index in [4.69, 9.17) is 10.5 Å². The van der Waals surface area contributed by atoms with E-state index in [0.717, 1.165) is 48.5 Å². The molecule has 1 spiro atoms. The number of ether oxygens (including phenoxy) is 1. The summed E-state index contributed by atoms with van der Waals surface area (Å²) in [5.41, 5.74) is 9.13. The van der Waals surface area contributed by atoms with Crippen LogP contribution >= 0.6 is 0 Å². The Kier molecular flexibility index (Phi) is 3.03. The number of rotatable bonds is 0. The molecule has 1 aliphatic heterocycles. The second-order valence-electron chi connectivity index (χ2n) is 6.66. The maximum absolute atomic E-state index is 12.5. The average molecular weight is 273 g/mol. The zero-order valence-electron chi connectivity index (χ0n) is 12.6. The largest absolute Gasteiger partial charge is 0.486 e. The van der Waals surface area contributed by atoms with Crippen molar-refractivity contribution in [3.8, 4) is 5.75 Å². The standard InChI is InChI=1S/C17H23NO2/c1-10-4-6-17(7-5-10)9-15(19)13-8-14(18)11(2)12(3)16(13)20-17/h8,10H,4-7,9,18H2,1-3H3. The molecule has 0 bridgehead atoms. The summed E-state index contributed by atoms with van der Waals surface area (Å²) in [6.45, 7) is 6.27. The number of ketones is 1. The molecule has 0 radical (unpaired) electrons. The van der Waals surface area contributed by atoms with Crippen LogP contribution in [0.3, 0.4) is 0 Å². The van der Waals surface area contributed by atoms with Gasteiger partial charge in [-0.3, -0.25) is 4.79 Å². The summed E-state index contributed by atoms with van der Waals surface area (Å²) in [6, 6.07) is 1.79. The minimum atomic E-state index is -0.260. The number of anilines is 1. The van der Waals surface area contributed by atoms with Crippen LogP contribution in [0.15, 0.2) is 6.07 Å². The summed E-state index contributed by atoms with van der Waals surface area (Å²) in [5.74, 6) is 1.72. The third kappa shape index (κ3) is 2.00. The van der Waals surface area contributed by atoms with E-state index in [9.17, 15) is 4.79 Å². The summed E-state index contributed by atoms with van der Waals surface area (Å²) in [4.78, 5) is 12.5. The van der Waals surface area contributed by atoms with Crippen molar-refractivity contribution in [3.63, 3.8) is 0 Å². The number of Topliss-reactive ketones (excluding diaryl/α,β-unsaturated/α-hetero) is 1. The zero-order chi connectivity index (χ0) is 14.5. The minimum Gasteiger partial charge on any atom is -0.486 e. The first kappa shape index (κ1) is 13.5. The molecular formula is C17H23NO2. The van der Waals surface area contributed by atoms with Crippen molar-refractivity contribution in [3.05, 3.63) is 22.8 Å². The summed E-state index contributed by atoms with van der Waals surface area (Å²) in [7, 11) is 0. The Labute approximate surface area is 120 Å². The van der Waals surface area contributed by atoms with Crippen molar-refractivity contribution in [1.82, 2.24) is 0 Å². The highest BCUT2D eigenvalue weighted by Gasteiger charge is 2.43. The molecule has 2 aliphatic rings. The number of carbonyl (C=O) groups is 1. The number of hydrogen-bond acceptors (Lipinski definition) is 3. The minimum absolute atomic E-state index is 0.190. The molecule has 0 unspecified atom stereocenters. The molecule has 1 saturated carbocycles. The molecule has 1 aromatic carbocycles. The highest BCUT2D eigenvalue weighted by molar-refractivity contribution is 6.02. The van der Waals surface area contributed by atoms with Crippen LogP contribution < -0.4 is 10.5 Å². The third-order valence-corrected chi connectivity index (χ3v) is 5.17. The molecule has 3 nitrogen and oxygen atoms in total. The highest BCUT2D eigenvalue weighted by Crippen LogP contribution is 2.45. The van der Waals surface area contributed by atoms with Crippen molar-refractivity contribution in [1.29, 1.82) is 0 Å². The Morgan fingerprint density at radius 2 is 1.90 bits per heavy atom. The van der Waals surface area contributed by atoms with Gasteiger partial charge >= 0.3 is 0 Å². The molecule has 3 heteroatoms. The monoisotopic (exact) mass is 273 g/mol. The molecule has 0 atom stereocenters. The lowest BCUT2D eigenvalue weighted by Crippen LogP contribution is -2.45. The Bertz CT molecular complexity index is 569. The Hall–Kier alpha value is -1.51. The van der Waals surface area contributed by atoms with Crippen molar-refractivity contribution in [2.75, 3.05) is 5.73 Å². The van der Waals surface area contributed by atoms with Gasteiger partial charge in [0.25, 0.3) is 0 Å². The van der Waals surface area contributed by atoms with Crippen molar-refractivity contribution < 1.29 is 9.53 Å². The fraction of sp³-hybridized carbons (Fsp3) is 0.588. The van der Waals surface area contributed by atoms with Gasteiger partial charge in [0, 0.05) is 5.69 Å². The lowest BCUT2D eigenvalue weighted by atomic mass is 9.74. The quantitative estimate of drug-likeness (QED) is 0.731. The van der Waals surface area contributed by atoms with Gasteiger partial charge in [0.05, 0.1) is 12.0 Å². The van der Waals surface area contributed by atoms with Crippen LogP contribution in [-0.2, 0) is 0 Å². The van der Waals surface area contributed by atoms with Crippen LogP contribution in [-0.4, -0.2) is 11.4 Å². The van der Waals surface area contributed by atoms with Gasteiger partial charge in [-0.05, 0) is 62.6 Å². The second-order valence-corrected chi connectivity index (χ2v) is 6.66. The normalized spacial score (nSPS) is 29.1. The number of hydrogen-bond donors (Lipinski definition) is 1. The van der Waals surface area contributed by atoms with Crippen LogP contribution in [0.25, 0.3) is 0 Å². The van der Waals surface area contributed by atoms with Crippen LogP contribution in [0.2, 0.25) is 0 Å². The molecule has 108 valence electrons. The molecule has 0 amide bonds. The van der Waals surface area contributed by atoms with Crippen LogP contribution in [0.1, 0.15) is 60.5 Å². The van der Waals surface area contributed by atoms with E-state index in [1.54, 1.807) is 6.07 Å². The zero-order valence-corrected chi connectivity index (χ0v) is 12.6. The molecule has 1 heterocycles. The Morgan fingerprint density at radius 1 is 1.25 bits per heavy atom. The predicted octanol–water partition coefficient (Wildman–Crippen LogP) is 3.80. The third-order valence-electron chi connectivity index (χ3n) is 5.17. The average Bonchev–Trinajstić information content (AvgIpc) is 2.42.